The van der Waals surface area contributed by atoms with Crippen LogP contribution in [0.4, 0.5) is 0 Å². The van der Waals surface area contributed by atoms with E-state index >= 15 is 0 Å². The molecule has 0 amide bonds. The number of unbranched alkanes of at least 4 members (excludes halogenated alkanes) is 1. The maximum Gasteiger partial charge on any atom is 0.000781 e. The van der Waals surface area contributed by atoms with E-state index in [2.05, 4.69) is 12.2 Å². The predicted molar refractivity (Wildman–Crippen MR) is 57.7 cm³/mol. The van der Waals surface area contributed by atoms with E-state index in [-0.39, 0.29) is 0 Å². The van der Waals surface area contributed by atoms with Crippen LogP contribution in [0.2, 0.25) is 0 Å². The normalized spacial score (nSPS) is 18.9. The molecule has 0 radical (unpaired) electrons. The Labute approximate surface area is 82.3 Å². The fourth-order valence-corrected chi connectivity index (χ4v) is 1.97. The lowest BCUT2D eigenvalue weighted by Crippen LogP contribution is -2.25. The van der Waals surface area contributed by atoms with Crippen LogP contribution in [0.25, 0.3) is 0 Å². The summed E-state index contributed by atoms with van der Waals surface area (Å²) in [4.78, 5) is 0. The first-order valence-electron chi connectivity index (χ1n) is 5.74. The molecule has 1 aliphatic rings. The van der Waals surface area contributed by atoms with Crippen molar-refractivity contribution < 1.29 is 0 Å². The molecule has 2 nitrogen and oxygen atoms in total. The highest BCUT2D eigenvalue weighted by molar-refractivity contribution is 4.94. The summed E-state index contributed by atoms with van der Waals surface area (Å²) in [6.07, 6.45) is 8.04. The van der Waals surface area contributed by atoms with Gasteiger partial charge in [-0.15, -0.1) is 0 Å². The Balaban J connectivity index is 1.93. The van der Waals surface area contributed by atoms with Gasteiger partial charge in [0.05, 0.1) is 0 Å². The molecule has 0 aliphatic heterocycles. The average Bonchev–Trinajstić information content (AvgIpc) is 2.86. The van der Waals surface area contributed by atoms with Gasteiger partial charge in [-0.1, -0.05) is 13.3 Å². The topological polar surface area (TPSA) is 38.0 Å². The first-order valence-corrected chi connectivity index (χ1v) is 5.74. The minimum absolute atomic E-state index is 0.706. The SMILES string of the molecule is CCCC1(CNCCCCN)CC1. The van der Waals surface area contributed by atoms with Crippen molar-refractivity contribution in [3.8, 4) is 0 Å². The summed E-state index contributed by atoms with van der Waals surface area (Å²) in [5.74, 6) is 0. The van der Waals surface area contributed by atoms with Crippen molar-refractivity contribution in [3.05, 3.63) is 0 Å². The first-order chi connectivity index (χ1) is 6.33. The molecule has 1 rings (SSSR count). The van der Waals surface area contributed by atoms with Crippen molar-refractivity contribution in [2.75, 3.05) is 19.6 Å². The van der Waals surface area contributed by atoms with Crippen molar-refractivity contribution in [2.24, 2.45) is 11.1 Å². The van der Waals surface area contributed by atoms with Gasteiger partial charge in [0.1, 0.15) is 0 Å². The largest absolute Gasteiger partial charge is 0.330 e. The summed E-state index contributed by atoms with van der Waals surface area (Å²) in [5.41, 5.74) is 6.13. The molecule has 0 bridgehead atoms. The van der Waals surface area contributed by atoms with Gasteiger partial charge in [0, 0.05) is 6.54 Å². The zero-order valence-corrected chi connectivity index (χ0v) is 8.94. The molecule has 3 N–H and O–H groups in total. The monoisotopic (exact) mass is 184 g/mol. The molecule has 0 atom stereocenters. The van der Waals surface area contributed by atoms with Gasteiger partial charge in [0.25, 0.3) is 0 Å². The average molecular weight is 184 g/mol. The highest BCUT2D eigenvalue weighted by atomic mass is 14.9. The van der Waals surface area contributed by atoms with E-state index in [1.165, 1.54) is 38.6 Å². The van der Waals surface area contributed by atoms with Crippen molar-refractivity contribution >= 4 is 0 Å². The van der Waals surface area contributed by atoms with E-state index < -0.39 is 0 Å². The Morgan fingerprint density at radius 3 is 2.62 bits per heavy atom. The molecule has 1 fully saturated rings. The van der Waals surface area contributed by atoms with Crippen LogP contribution in [0.5, 0.6) is 0 Å². The summed E-state index contributed by atoms with van der Waals surface area (Å²) in [6, 6.07) is 0. The highest BCUT2D eigenvalue weighted by Gasteiger charge is 2.40. The maximum absolute atomic E-state index is 5.43. The fourth-order valence-electron chi connectivity index (χ4n) is 1.97. The van der Waals surface area contributed by atoms with Crippen molar-refractivity contribution in [2.45, 2.75) is 45.4 Å². The summed E-state index contributed by atoms with van der Waals surface area (Å²) in [6.45, 7) is 5.52. The van der Waals surface area contributed by atoms with Crippen molar-refractivity contribution in [3.63, 3.8) is 0 Å². The highest BCUT2D eigenvalue weighted by Crippen LogP contribution is 2.48. The molecule has 0 aromatic rings. The lowest BCUT2D eigenvalue weighted by molar-refractivity contribution is 0.419. The number of nitrogens with one attached hydrogen (secondary N) is 1. The van der Waals surface area contributed by atoms with E-state index in [0.717, 1.165) is 19.5 Å². The van der Waals surface area contributed by atoms with Crippen LogP contribution in [0, 0.1) is 5.41 Å². The second-order valence-corrected chi connectivity index (χ2v) is 4.42. The van der Waals surface area contributed by atoms with Gasteiger partial charge in [-0.05, 0) is 50.6 Å². The molecular weight excluding hydrogens is 160 g/mol. The molecule has 0 aromatic carbocycles. The molecule has 0 unspecified atom stereocenters. The van der Waals surface area contributed by atoms with E-state index in [4.69, 9.17) is 5.73 Å². The van der Waals surface area contributed by atoms with Gasteiger partial charge < -0.3 is 11.1 Å². The van der Waals surface area contributed by atoms with Gasteiger partial charge in [-0.3, -0.25) is 0 Å². The third kappa shape index (κ3) is 4.10. The van der Waals surface area contributed by atoms with Gasteiger partial charge >= 0.3 is 0 Å². The van der Waals surface area contributed by atoms with Crippen LogP contribution >= 0.6 is 0 Å². The van der Waals surface area contributed by atoms with Gasteiger partial charge in [0.15, 0.2) is 0 Å². The summed E-state index contributed by atoms with van der Waals surface area (Å²) in [5, 5.41) is 3.55. The quantitative estimate of drug-likeness (QED) is 0.565. The summed E-state index contributed by atoms with van der Waals surface area (Å²) >= 11 is 0. The minimum Gasteiger partial charge on any atom is -0.330 e. The minimum atomic E-state index is 0.706. The zero-order valence-electron chi connectivity index (χ0n) is 8.94. The molecule has 0 saturated heterocycles. The lowest BCUT2D eigenvalue weighted by Gasteiger charge is -2.14. The molecule has 78 valence electrons. The lowest BCUT2D eigenvalue weighted by atomic mass is 10.0. The number of hydrogen-bond acceptors (Lipinski definition) is 2. The molecule has 1 saturated carbocycles. The molecule has 1 aliphatic carbocycles. The third-order valence-corrected chi connectivity index (χ3v) is 3.05. The van der Waals surface area contributed by atoms with E-state index in [9.17, 15) is 0 Å². The van der Waals surface area contributed by atoms with Crippen LogP contribution in [0.3, 0.4) is 0 Å². The van der Waals surface area contributed by atoms with Crippen LogP contribution in [-0.2, 0) is 0 Å². The van der Waals surface area contributed by atoms with Crippen LogP contribution in [-0.4, -0.2) is 19.6 Å². The summed E-state index contributed by atoms with van der Waals surface area (Å²) < 4.78 is 0. The van der Waals surface area contributed by atoms with E-state index in [0.29, 0.717) is 5.41 Å². The third-order valence-electron chi connectivity index (χ3n) is 3.05. The van der Waals surface area contributed by atoms with E-state index in [1.807, 2.05) is 0 Å². The molecule has 0 heterocycles. The van der Waals surface area contributed by atoms with Crippen LogP contribution < -0.4 is 11.1 Å². The van der Waals surface area contributed by atoms with Crippen molar-refractivity contribution in [1.29, 1.82) is 0 Å². The predicted octanol–water partition coefficient (Wildman–Crippen LogP) is 1.90. The van der Waals surface area contributed by atoms with Crippen molar-refractivity contribution in [1.82, 2.24) is 5.32 Å². The number of rotatable bonds is 8. The molecule has 0 spiro atoms. The summed E-state index contributed by atoms with van der Waals surface area (Å²) in [7, 11) is 0. The number of hydrogen-bond donors (Lipinski definition) is 2. The molecular formula is C11H24N2. The Morgan fingerprint density at radius 1 is 1.31 bits per heavy atom. The first kappa shape index (κ1) is 11.0. The zero-order chi connectivity index (χ0) is 9.57. The Hall–Kier alpha value is -0.0800. The molecule has 0 aromatic heterocycles. The second kappa shape index (κ2) is 5.61. The van der Waals surface area contributed by atoms with Gasteiger partial charge in [0.2, 0.25) is 0 Å². The standard InChI is InChI=1S/C11H24N2/c1-2-5-11(6-7-11)10-13-9-4-3-8-12/h13H,2-10,12H2,1H3. The Kier molecular flexibility index (Phi) is 4.74. The Bertz CT molecular complexity index is 130. The maximum atomic E-state index is 5.43. The van der Waals surface area contributed by atoms with Crippen LogP contribution in [0.15, 0.2) is 0 Å². The smallest absolute Gasteiger partial charge is 0.000781 e. The number of nitrogens with two attached hydrogens (primary N) is 1. The molecule has 13 heavy (non-hydrogen) atoms. The van der Waals surface area contributed by atoms with E-state index in [1.54, 1.807) is 0 Å². The fraction of sp³-hybridized carbons (Fsp3) is 1.00. The van der Waals surface area contributed by atoms with Gasteiger partial charge in [-0.25, -0.2) is 0 Å². The second-order valence-electron chi connectivity index (χ2n) is 4.42. The van der Waals surface area contributed by atoms with Gasteiger partial charge in [-0.2, -0.15) is 0 Å². The molecule has 2 heteroatoms. The Morgan fingerprint density at radius 2 is 2.08 bits per heavy atom. The van der Waals surface area contributed by atoms with Crippen LogP contribution in [0.1, 0.15) is 45.4 Å².